The fourth-order valence-corrected chi connectivity index (χ4v) is 2.86. The van der Waals surface area contributed by atoms with Gasteiger partial charge in [0.25, 0.3) is 0 Å². The minimum absolute atomic E-state index is 0.0626. The molecule has 0 saturated carbocycles. The van der Waals surface area contributed by atoms with Crippen molar-refractivity contribution in [3.05, 3.63) is 0 Å². The molecule has 1 saturated heterocycles. The van der Waals surface area contributed by atoms with Crippen molar-refractivity contribution in [3.8, 4) is 0 Å². The van der Waals surface area contributed by atoms with Gasteiger partial charge < -0.3 is 10.0 Å². The summed E-state index contributed by atoms with van der Waals surface area (Å²) < 4.78 is 0. The first kappa shape index (κ1) is 13.5. The zero-order valence-electron chi connectivity index (χ0n) is 11.0. The highest BCUT2D eigenvalue weighted by molar-refractivity contribution is 5.83. The Morgan fingerprint density at radius 2 is 2.06 bits per heavy atom. The smallest absolute Gasteiger partial charge is 0.240 e. The second-order valence-electron chi connectivity index (χ2n) is 5.56. The molecular formula is C12H24N2O2. The molecule has 0 aliphatic carbocycles. The van der Waals surface area contributed by atoms with Crippen LogP contribution in [0.25, 0.3) is 0 Å². The molecule has 0 radical (unpaired) electrons. The summed E-state index contributed by atoms with van der Waals surface area (Å²) >= 11 is 0. The van der Waals surface area contributed by atoms with Crippen molar-refractivity contribution < 1.29 is 9.90 Å². The first-order valence-electron chi connectivity index (χ1n) is 5.95. The lowest BCUT2D eigenvalue weighted by molar-refractivity contribution is -0.154. The van der Waals surface area contributed by atoms with Crippen molar-refractivity contribution in [2.24, 2.45) is 0 Å². The molecule has 0 aromatic carbocycles. The SMILES string of the molecule is CC(C)N1C(=O)C(CCO)N(C)CC1(C)C. The molecule has 16 heavy (non-hydrogen) atoms. The van der Waals surface area contributed by atoms with E-state index in [0.29, 0.717) is 6.42 Å². The van der Waals surface area contributed by atoms with E-state index in [0.717, 1.165) is 6.54 Å². The largest absolute Gasteiger partial charge is 0.396 e. The first-order valence-corrected chi connectivity index (χ1v) is 5.95. The fourth-order valence-electron chi connectivity index (χ4n) is 2.86. The molecule has 0 aromatic heterocycles. The van der Waals surface area contributed by atoms with Gasteiger partial charge in [-0.25, -0.2) is 0 Å². The number of carbonyl (C=O) groups excluding carboxylic acids is 1. The lowest BCUT2D eigenvalue weighted by atomic mass is 9.92. The minimum Gasteiger partial charge on any atom is -0.396 e. The summed E-state index contributed by atoms with van der Waals surface area (Å²) in [6, 6.07) is 0.0396. The summed E-state index contributed by atoms with van der Waals surface area (Å²) in [4.78, 5) is 16.4. The molecule has 1 N–H and O–H groups in total. The van der Waals surface area contributed by atoms with Crippen LogP contribution in [-0.2, 0) is 4.79 Å². The fraction of sp³-hybridized carbons (Fsp3) is 0.917. The topological polar surface area (TPSA) is 43.8 Å². The standard InChI is InChI=1S/C12H24N2O2/c1-9(2)14-11(16)10(6-7-15)13(5)8-12(14,3)4/h9-10,15H,6-8H2,1-5H3. The molecule has 0 aromatic rings. The Labute approximate surface area is 98.2 Å². The number of hydrogen-bond donors (Lipinski definition) is 1. The molecule has 1 atom stereocenters. The maximum atomic E-state index is 12.4. The van der Waals surface area contributed by atoms with E-state index < -0.39 is 0 Å². The van der Waals surface area contributed by atoms with Gasteiger partial charge in [-0.15, -0.1) is 0 Å². The molecule has 0 bridgehead atoms. The van der Waals surface area contributed by atoms with Crippen LogP contribution in [-0.4, -0.2) is 58.6 Å². The van der Waals surface area contributed by atoms with Gasteiger partial charge in [0, 0.05) is 19.2 Å². The van der Waals surface area contributed by atoms with E-state index in [-0.39, 0.29) is 30.1 Å². The monoisotopic (exact) mass is 228 g/mol. The number of carbonyl (C=O) groups is 1. The van der Waals surface area contributed by atoms with E-state index in [4.69, 9.17) is 5.11 Å². The second-order valence-corrected chi connectivity index (χ2v) is 5.56. The first-order chi connectivity index (χ1) is 7.31. The molecule has 4 heteroatoms. The van der Waals surface area contributed by atoms with E-state index in [9.17, 15) is 4.79 Å². The van der Waals surface area contributed by atoms with Crippen molar-refractivity contribution in [2.45, 2.75) is 51.7 Å². The van der Waals surface area contributed by atoms with Gasteiger partial charge in [0.05, 0.1) is 11.6 Å². The number of amides is 1. The van der Waals surface area contributed by atoms with E-state index >= 15 is 0 Å². The van der Waals surface area contributed by atoms with Crippen LogP contribution in [0.5, 0.6) is 0 Å². The summed E-state index contributed by atoms with van der Waals surface area (Å²) in [6.45, 7) is 9.18. The summed E-state index contributed by atoms with van der Waals surface area (Å²) in [7, 11) is 1.96. The zero-order valence-corrected chi connectivity index (χ0v) is 11.0. The highest BCUT2D eigenvalue weighted by atomic mass is 16.3. The Balaban J connectivity index is 2.94. The normalized spacial score (nSPS) is 26.6. The quantitative estimate of drug-likeness (QED) is 0.773. The number of aliphatic hydroxyl groups is 1. The number of hydrogen-bond acceptors (Lipinski definition) is 3. The van der Waals surface area contributed by atoms with Gasteiger partial charge >= 0.3 is 0 Å². The van der Waals surface area contributed by atoms with Crippen LogP contribution in [0, 0.1) is 0 Å². The molecule has 1 unspecified atom stereocenters. The van der Waals surface area contributed by atoms with E-state index in [2.05, 4.69) is 18.7 Å². The predicted molar refractivity (Wildman–Crippen MR) is 64.2 cm³/mol. The molecule has 1 rings (SSSR count). The van der Waals surface area contributed by atoms with Gasteiger partial charge in [0.2, 0.25) is 5.91 Å². The Morgan fingerprint density at radius 3 is 2.50 bits per heavy atom. The third kappa shape index (κ3) is 2.38. The van der Waals surface area contributed by atoms with Crippen molar-refractivity contribution in [1.29, 1.82) is 0 Å². The molecule has 0 spiro atoms. The number of piperazine rings is 1. The van der Waals surface area contributed by atoms with Gasteiger partial charge in [0.1, 0.15) is 0 Å². The maximum absolute atomic E-state index is 12.4. The maximum Gasteiger partial charge on any atom is 0.240 e. The average molecular weight is 228 g/mol. The molecule has 1 amide bonds. The number of nitrogens with zero attached hydrogens (tertiary/aromatic N) is 2. The highest BCUT2D eigenvalue weighted by Gasteiger charge is 2.43. The minimum atomic E-state index is -0.166. The van der Waals surface area contributed by atoms with Crippen LogP contribution in [0.15, 0.2) is 0 Å². The molecular weight excluding hydrogens is 204 g/mol. The summed E-state index contributed by atoms with van der Waals surface area (Å²) in [5, 5.41) is 9.01. The lowest BCUT2D eigenvalue weighted by Gasteiger charge is -2.51. The number of aliphatic hydroxyl groups excluding tert-OH is 1. The zero-order chi connectivity index (χ0) is 12.5. The summed E-state index contributed by atoms with van der Waals surface area (Å²) in [5.74, 6) is 0.141. The average Bonchev–Trinajstić information content (AvgIpc) is 2.09. The van der Waals surface area contributed by atoms with Crippen molar-refractivity contribution >= 4 is 5.91 Å². The molecule has 1 aliphatic rings. The van der Waals surface area contributed by atoms with Crippen LogP contribution >= 0.6 is 0 Å². The molecule has 1 aliphatic heterocycles. The Kier molecular flexibility index (Phi) is 3.97. The van der Waals surface area contributed by atoms with Crippen molar-refractivity contribution in [1.82, 2.24) is 9.80 Å². The third-order valence-corrected chi connectivity index (χ3v) is 3.26. The lowest BCUT2D eigenvalue weighted by Crippen LogP contribution is -2.67. The van der Waals surface area contributed by atoms with Crippen LogP contribution in [0.1, 0.15) is 34.1 Å². The van der Waals surface area contributed by atoms with Crippen LogP contribution in [0.3, 0.4) is 0 Å². The summed E-state index contributed by atoms with van der Waals surface area (Å²) in [6.07, 6.45) is 0.522. The van der Waals surface area contributed by atoms with Gasteiger partial charge in [-0.2, -0.15) is 0 Å². The number of likely N-dealkylation sites (N-methyl/N-ethyl adjacent to an activating group) is 1. The van der Waals surface area contributed by atoms with Crippen LogP contribution in [0.2, 0.25) is 0 Å². The predicted octanol–water partition coefficient (Wildman–Crippen LogP) is 0.698. The van der Waals surface area contributed by atoms with E-state index in [1.807, 2.05) is 25.8 Å². The van der Waals surface area contributed by atoms with Gasteiger partial charge in [-0.05, 0) is 41.2 Å². The van der Waals surface area contributed by atoms with Crippen LogP contribution < -0.4 is 0 Å². The molecule has 4 nitrogen and oxygen atoms in total. The Hall–Kier alpha value is -0.610. The highest BCUT2D eigenvalue weighted by Crippen LogP contribution is 2.27. The molecule has 1 heterocycles. The molecule has 94 valence electrons. The van der Waals surface area contributed by atoms with Gasteiger partial charge in [-0.3, -0.25) is 9.69 Å². The molecule has 1 fully saturated rings. The Bertz CT molecular complexity index is 264. The van der Waals surface area contributed by atoms with Crippen LogP contribution in [0.4, 0.5) is 0 Å². The Morgan fingerprint density at radius 1 is 1.50 bits per heavy atom. The number of rotatable bonds is 3. The summed E-state index contributed by atoms with van der Waals surface area (Å²) in [5.41, 5.74) is -0.133. The van der Waals surface area contributed by atoms with Gasteiger partial charge in [0.15, 0.2) is 0 Å². The third-order valence-electron chi connectivity index (χ3n) is 3.26. The van der Waals surface area contributed by atoms with E-state index in [1.54, 1.807) is 0 Å². The van der Waals surface area contributed by atoms with Gasteiger partial charge in [-0.1, -0.05) is 0 Å². The van der Waals surface area contributed by atoms with Crippen molar-refractivity contribution in [3.63, 3.8) is 0 Å². The van der Waals surface area contributed by atoms with E-state index in [1.165, 1.54) is 0 Å². The van der Waals surface area contributed by atoms with Crippen molar-refractivity contribution in [2.75, 3.05) is 20.2 Å². The second kappa shape index (κ2) is 4.72.